The molecule has 0 spiro atoms. The van der Waals surface area contributed by atoms with Crippen LogP contribution in [0, 0.1) is 0 Å². The number of hydrogen-bond acceptors (Lipinski definition) is 4. The molecule has 0 unspecified atom stereocenters. The van der Waals surface area contributed by atoms with Gasteiger partial charge in [0.25, 0.3) is 0 Å². The van der Waals surface area contributed by atoms with Crippen molar-refractivity contribution < 1.29 is 22.6 Å². The van der Waals surface area contributed by atoms with E-state index in [2.05, 4.69) is 33.3 Å². The van der Waals surface area contributed by atoms with Gasteiger partial charge < -0.3 is 0 Å². The molecule has 0 aromatic rings. The first kappa shape index (κ1) is 9.01. The quantitative estimate of drug-likeness (QED) is 0.585. The average molecular weight is 248 g/mol. The molecule has 5 heteroatoms. The predicted molar refractivity (Wildman–Crippen MR) is 41.6 cm³/mol. The van der Waals surface area contributed by atoms with Crippen LogP contribution in [0.15, 0.2) is 39.7 Å². The summed E-state index contributed by atoms with van der Waals surface area (Å²) < 4.78 is 0.800. The van der Waals surface area contributed by atoms with Crippen molar-refractivity contribution in [3.05, 3.63) is 24.3 Å². The molecule has 0 aromatic heterocycles. The van der Waals surface area contributed by atoms with Gasteiger partial charge in [-0.05, 0) is 12.2 Å². The molecule has 12 heavy (non-hydrogen) atoms. The van der Waals surface area contributed by atoms with Gasteiger partial charge in [0.1, 0.15) is 0 Å². The van der Waals surface area contributed by atoms with Crippen molar-refractivity contribution in [3.8, 4) is 0 Å². The normalized spacial score (nSPS) is 17.1. The van der Waals surface area contributed by atoms with Gasteiger partial charge in [0.15, 0.2) is 5.78 Å². The van der Waals surface area contributed by atoms with Crippen LogP contribution in [0.1, 0.15) is 0 Å². The molecule has 0 fully saturated rings. The molecule has 4 nitrogen and oxygen atoms in total. The number of ketones is 1. The average Bonchev–Trinajstić information content (AvgIpc) is 2.63. The zero-order valence-electron chi connectivity index (χ0n) is 5.99. The molecule has 2 rings (SSSR count). The standard InChI is InChI=1S/C5H4O.C2HN3.Ru/c6-5-3-1-2-4-5;1-2-4-5-3-1;/h1-4H;1H;. The van der Waals surface area contributed by atoms with Gasteiger partial charge in [-0.3, -0.25) is 4.79 Å². The van der Waals surface area contributed by atoms with Crippen LogP contribution in [-0.2, 0) is 22.6 Å². The van der Waals surface area contributed by atoms with Gasteiger partial charge in [0.05, 0.1) is 0 Å². The number of carbonyl (C=O) groups is 1. The molecule has 1 aliphatic heterocycles. The van der Waals surface area contributed by atoms with Crippen LogP contribution in [0.3, 0.4) is 0 Å². The summed E-state index contributed by atoms with van der Waals surface area (Å²) in [7, 11) is 0. The second-order valence-corrected chi connectivity index (χ2v) is 2.76. The molecule has 2 aliphatic rings. The Bertz CT molecular complexity index is 255. The summed E-state index contributed by atoms with van der Waals surface area (Å²) in [4.78, 5) is 10.1. The summed E-state index contributed by atoms with van der Waals surface area (Å²) in [6.07, 6.45) is 8.08. The molecule has 0 amide bonds. The molecule has 1 heterocycles. The monoisotopic (exact) mass is 249 g/mol. The second kappa shape index (κ2) is 4.72. The van der Waals surface area contributed by atoms with Crippen LogP contribution < -0.4 is 0 Å². The van der Waals surface area contributed by atoms with E-state index in [1.54, 1.807) is 18.4 Å². The van der Waals surface area contributed by atoms with Gasteiger partial charge in [-0.2, -0.15) is 0 Å². The molecule has 0 atom stereocenters. The Kier molecular flexibility index (Phi) is 3.54. The minimum absolute atomic E-state index is 0.0926. The maximum absolute atomic E-state index is 10.1. The molecule has 0 aromatic carbocycles. The second-order valence-electron chi connectivity index (χ2n) is 1.86. The Morgan fingerprint density at radius 1 is 1.25 bits per heavy atom. The van der Waals surface area contributed by atoms with Crippen LogP contribution in [0.4, 0.5) is 0 Å². The fraction of sp³-hybridized carbons (Fsp3) is 0. The third-order valence-corrected chi connectivity index (χ3v) is 1.38. The summed E-state index contributed by atoms with van der Waals surface area (Å²) >= 11 is 2.29. The third kappa shape index (κ3) is 3.35. The number of rotatable bonds is 0. The van der Waals surface area contributed by atoms with E-state index in [-0.39, 0.29) is 5.78 Å². The van der Waals surface area contributed by atoms with Crippen LogP contribution >= 0.6 is 0 Å². The Labute approximate surface area is 79.0 Å². The van der Waals surface area contributed by atoms with Gasteiger partial charge in [-0.15, -0.1) is 0 Å². The zero-order valence-corrected chi connectivity index (χ0v) is 7.73. The van der Waals surface area contributed by atoms with Crippen molar-refractivity contribution in [2.24, 2.45) is 15.4 Å². The number of allylic oxidation sites excluding steroid dienone is 4. The third-order valence-electron chi connectivity index (χ3n) is 0.983. The van der Waals surface area contributed by atoms with E-state index < -0.39 is 0 Å². The van der Waals surface area contributed by atoms with Gasteiger partial charge in [-0.25, -0.2) is 0 Å². The Hall–Kier alpha value is -1.09. The van der Waals surface area contributed by atoms with Gasteiger partial charge in [0, 0.05) is 0 Å². The Balaban J connectivity index is 0.000000120. The molecule has 62 valence electrons. The van der Waals surface area contributed by atoms with Crippen molar-refractivity contribution in [2.45, 2.75) is 0 Å². The zero-order chi connectivity index (χ0) is 8.81. The molecule has 1 aliphatic carbocycles. The summed E-state index contributed by atoms with van der Waals surface area (Å²) in [6, 6.07) is 0. The molecule has 0 bridgehead atoms. The minimum atomic E-state index is 0.0926. The first-order valence-corrected chi connectivity index (χ1v) is 4.00. The van der Waals surface area contributed by atoms with E-state index in [1.807, 2.05) is 0 Å². The molecule has 0 N–H and O–H groups in total. The predicted octanol–water partition coefficient (Wildman–Crippen LogP) is 0.796. The maximum atomic E-state index is 10.1. The van der Waals surface area contributed by atoms with Crippen LogP contribution in [-0.4, -0.2) is 16.2 Å². The Morgan fingerprint density at radius 2 is 1.92 bits per heavy atom. The molecular formula is C7H5N3ORu. The van der Waals surface area contributed by atoms with Crippen molar-refractivity contribution in [1.82, 2.24) is 0 Å². The summed E-state index contributed by atoms with van der Waals surface area (Å²) in [5.41, 5.74) is 0. The molecule has 0 radical (unpaired) electrons. The van der Waals surface area contributed by atoms with E-state index in [9.17, 15) is 4.79 Å². The summed E-state index contributed by atoms with van der Waals surface area (Å²) in [5.74, 6) is 0.0926. The first-order valence-electron chi connectivity index (χ1n) is 3.13. The van der Waals surface area contributed by atoms with Gasteiger partial charge in [0.2, 0.25) is 0 Å². The van der Waals surface area contributed by atoms with Crippen LogP contribution in [0.5, 0.6) is 0 Å². The Morgan fingerprint density at radius 3 is 2.08 bits per heavy atom. The molecule has 0 saturated heterocycles. The van der Waals surface area contributed by atoms with Crippen LogP contribution in [0.2, 0.25) is 0 Å². The molecular weight excluding hydrogens is 243 g/mol. The van der Waals surface area contributed by atoms with Crippen molar-refractivity contribution in [3.63, 3.8) is 0 Å². The number of carbonyl (C=O) groups excluding carboxylic acids is 1. The fourth-order valence-electron chi connectivity index (χ4n) is 0.522. The van der Waals surface area contributed by atoms with Gasteiger partial charge >= 0.3 is 43.7 Å². The van der Waals surface area contributed by atoms with E-state index in [4.69, 9.17) is 0 Å². The SMILES string of the molecule is O=C1C=CC=C1.[Ru]=[C]1C=NN=N1. The van der Waals surface area contributed by atoms with Crippen LogP contribution in [0.25, 0.3) is 0 Å². The summed E-state index contributed by atoms with van der Waals surface area (Å²) in [6.45, 7) is 0. The van der Waals surface area contributed by atoms with Crippen molar-refractivity contribution in [2.75, 3.05) is 0 Å². The summed E-state index contributed by atoms with van der Waals surface area (Å²) in [5, 5.41) is 10.3. The molecule has 0 saturated carbocycles. The van der Waals surface area contributed by atoms with Crippen molar-refractivity contribution >= 4 is 16.2 Å². The number of nitrogens with zero attached hydrogens (tertiary/aromatic N) is 3. The number of hydrogen-bond donors (Lipinski definition) is 0. The van der Waals surface area contributed by atoms with Crippen molar-refractivity contribution in [1.29, 1.82) is 0 Å². The first-order chi connectivity index (χ1) is 5.79. The topological polar surface area (TPSA) is 54.1 Å². The van der Waals surface area contributed by atoms with Gasteiger partial charge in [-0.1, -0.05) is 12.2 Å². The van der Waals surface area contributed by atoms with E-state index in [0.29, 0.717) is 0 Å². The van der Waals surface area contributed by atoms with E-state index in [1.165, 1.54) is 12.2 Å². The fourth-order valence-corrected chi connectivity index (χ4v) is 0.700. The van der Waals surface area contributed by atoms with E-state index in [0.717, 1.165) is 4.23 Å². The van der Waals surface area contributed by atoms with E-state index >= 15 is 0 Å².